The molecule has 0 saturated heterocycles. The van der Waals surface area contributed by atoms with Crippen LogP contribution in [0.4, 0.5) is 0 Å². The van der Waals surface area contributed by atoms with Gasteiger partial charge in [-0.3, -0.25) is 20.4 Å². The molecular formula is C22H24N2O4. The molecule has 6 nitrogen and oxygen atoms in total. The summed E-state index contributed by atoms with van der Waals surface area (Å²) in [6, 6.07) is 8.49. The van der Waals surface area contributed by atoms with Crippen LogP contribution >= 0.6 is 0 Å². The minimum absolute atomic E-state index is 0.103. The van der Waals surface area contributed by atoms with Gasteiger partial charge in [-0.1, -0.05) is 18.2 Å². The lowest BCUT2D eigenvalue weighted by Crippen LogP contribution is -2.50. The van der Waals surface area contributed by atoms with Crippen molar-refractivity contribution in [2.75, 3.05) is 0 Å². The van der Waals surface area contributed by atoms with Crippen molar-refractivity contribution in [3.63, 3.8) is 0 Å². The second kappa shape index (κ2) is 6.47. The van der Waals surface area contributed by atoms with Gasteiger partial charge in [-0.05, 0) is 73.8 Å². The Morgan fingerprint density at radius 2 is 1.64 bits per heavy atom. The highest BCUT2D eigenvalue weighted by Gasteiger charge is 2.51. The maximum atomic E-state index is 12.5. The fraction of sp³-hybridized carbons (Fsp3) is 0.500. The number of para-hydroxylation sites is 1. The quantitative estimate of drug-likeness (QED) is 0.632. The molecule has 1 aromatic heterocycles. The summed E-state index contributed by atoms with van der Waals surface area (Å²) in [5, 5.41) is 0.659. The molecule has 28 heavy (non-hydrogen) atoms. The average molecular weight is 380 g/mol. The standard InChI is InChI=1S/C22H24N2O4/c25-19(12-22-9-13-5-14(10-22)7-15(6-13)11-22)23-24-20(26)17-8-16-3-1-2-4-18(16)28-21(17)27/h1-4,8,13-15H,5-7,9-12H2,(H,23,25)(H,24,26). The van der Waals surface area contributed by atoms with Gasteiger partial charge in [-0.15, -0.1) is 0 Å². The van der Waals surface area contributed by atoms with Crippen LogP contribution in [0.3, 0.4) is 0 Å². The van der Waals surface area contributed by atoms with Crippen LogP contribution in [0.15, 0.2) is 39.5 Å². The molecule has 6 rings (SSSR count). The summed E-state index contributed by atoms with van der Waals surface area (Å²) >= 11 is 0. The lowest BCUT2D eigenvalue weighted by molar-refractivity contribution is -0.130. The molecule has 2 amide bonds. The monoisotopic (exact) mass is 380 g/mol. The lowest BCUT2D eigenvalue weighted by atomic mass is 9.49. The number of carbonyl (C=O) groups is 2. The molecule has 4 aliphatic rings. The van der Waals surface area contributed by atoms with Crippen LogP contribution in [0, 0.1) is 23.2 Å². The van der Waals surface area contributed by atoms with E-state index in [1.165, 1.54) is 25.3 Å². The fourth-order valence-corrected chi connectivity index (χ4v) is 6.31. The highest BCUT2D eigenvalue weighted by molar-refractivity contribution is 5.97. The number of amides is 2. The van der Waals surface area contributed by atoms with Crippen LogP contribution in [-0.4, -0.2) is 11.8 Å². The third-order valence-corrected chi connectivity index (χ3v) is 6.90. The van der Waals surface area contributed by atoms with Crippen molar-refractivity contribution in [3.8, 4) is 0 Å². The van der Waals surface area contributed by atoms with Crippen molar-refractivity contribution in [2.24, 2.45) is 23.2 Å². The molecule has 0 aliphatic heterocycles. The Kier molecular flexibility index (Phi) is 4.03. The zero-order valence-corrected chi connectivity index (χ0v) is 15.7. The second-order valence-electron chi connectivity index (χ2n) is 9.08. The van der Waals surface area contributed by atoms with E-state index in [0.29, 0.717) is 17.4 Å². The lowest BCUT2D eigenvalue weighted by Gasteiger charge is -2.56. The van der Waals surface area contributed by atoms with Crippen LogP contribution in [0.25, 0.3) is 11.0 Å². The minimum Gasteiger partial charge on any atom is -0.422 e. The highest BCUT2D eigenvalue weighted by atomic mass is 16.4. The summed E-state index contributed by atoms with van der Waals surface area (Å²) < 4.78 is 5.18. The maximum Gasteiger partial charge on any atom is 0.349 e. The van der Waals surface area contributed by atoms with E-state index < -0.39 is 11.5 Å². The number of rotatable bonds is 3. The highest BCUT2D eigenvalue weighted by Crippen LogP contribution is 2.61. The van der Waals surface area contributed by atoms with Gasteiger partial charge in [0.1, 0.15) is 11.1 Å². The van der Waals surface area contributed by atoms with E-state index in [1.807, 2.05) is 0 Å². The summed E-state index contributed by atoms with van der Waals surface area (Å²) in [4.78, 5) is 37.0. The summed E-state index contributed by atoms with van der Waals surface area (Å²) in [6.07, 6.45) is 7.83. The van der Waals surface area contributed by atoms with Crippen molar-refractivity contribution < 1.29 is 14.0 Å². The van der Waals surface area contributed by atoms with Gasteiger partial charge in [0.25, 0.3) is 5.91 Å². The predicted molar refractivity (Wildman–Crippen MR) is 103 cm³/mol. The van der Waals surface area contributed by atoms with Crippen molar-refractivity contribution in [1.82, 2.24) is 10.9 Å². The van der Waals surface area contributed by atoms with E-state index in [-0.39, 0.29) is 16.9 Å². The number of hydrazine groups is 1. The Balaban J connectivity index is 1.24. The van der Waals surface area contributed by atoms with E-state index in [0.717, 1.165) is 37.0 Å². The zero-order chi connectivity index (χ0) is 19.3. The van der Waals surface area contributed by atoms with Gasteiger partial charge in [0.2, 0.25) is 5.91 Å². The van der Waals surface area contributed by atoms with Crippen molar-refractivity contribution >= 4 is 22.8 Å². The number of hydrogen-bond acceptors (Lipinski definition) is 4. The van der Waals surface area contributed by atoms with Crippen LogP contribution in [-0.2, 0) is 4.79 Å². The molecule has 2 aromatic rings. The first-order chi connectivity index (χ1) is 13.5. The number of carbonyl (C=O) groups excluding carboxylic acids is 2. The molecule has 4 aliphatic carbocycles. The number of hydrogen-bond donors (Lipinski definition) is 2. The molecule has 0 atom stereocenters. The van der Waals surface area contributed by atoms with Crippen LogP contribution in [0.5, 0.6) is 0 Å². The smallest absolute Gasteiger partial charge is 0.349 e. The molecular weight excluding hydrogens is 356 g/mol. The van der Waals surface area contributed by atoms with E-state index in [4.69, 9.17) is 4.42 Å². The number of benzene rings is 1. The predicted octanol–water partition coefficient (Wildman–Crippen LogP) is 3.16. The summed E-state index contributed by atoms with van der Waals surface area (Å²) in [6.45, 7) is 0. The van der Waals surface area contributed by atoms with Gasteiger partial charge in [0.15, 0.2) is 0 Å². The first-order valence-electron chi connectivity index (χ1n) is 10.1. The van der Waals surface area contributed by atoms with Gasteiger partial charge in [-0.2, -0.15) is 0 Å². The SMILES string of the molecule is O=C(CC12CC3CC(CC(C3)C1)C2)NNC(=O)c1cc2ccccc2oc1=O. The zero-order valence-electron chi connectivity index (χ0n) is 15.7. The largest absolute Gasteiger partial charge is 0.422 e. The normalized spacial score (nSPS) is 30.4. The van der Waals surface area contributed by atoms with Gasteiger partial charge >= 0.3 is 5.63 Å². The molecule has 4 fully saturated rings. The molecule has 6 heteroatoms. The molecule has 0 radical (unpaired) electrons. The van der Waals surface area contributed by atoms with Crippen LogP contribution in [0.2, 0.25) is 0 Å². The van der Waals surface area contributed by atoms with E-state index in [9.17, 15) is 14.4 Å². The molecule has 2 N–H and O–H groups in total. The average Bonchev–Trinajstić information content (AvgIpc) is 2.64. The van der Waals surface area contributed by atoms with Crippen LogP contribution in [0.1, 0.15) is 55.3 Å². The van der Waals surface area contributed by atoms with Crippen molar-refractivity contribution in [1.29, 1.82) is 0 Å². The molecule has 4 saturated carbocycles. The topological polar surface area (TPSA) is 88.4 Å². The molecule has 4 bridgehead atoms. The molecule has 146 valence electrons. The Hall–Kier alpha value is -2.63. The van der Waals surface area contributed by atoms with E-state index >= 15 is 0 Å². The summed E-state index contributed by atoms with van der Waals surface area (Å²) in [7, 11) is 0. The first-order valence-corrected chi connectivity index (χ1v) is 10.1. The Morgan fingerprint density at radius 1 is 1.00 bits per heavy atom. The number of nitrogens with one attached hydrogen (secondary N) is 2. The van der Waals surface area contributed by atoms with E-state index in [2.05, 4.69) is 10.9 Å². The maximum absolute atomic E-state index is 12.5. The summed E-state index contributed by atoms with van der Waals surface area (Å²) in [5.41, 5.74) is 4.60. The van der Waals surface area contributed by atoms with Gasteiger partial charge in [-0.25, -0.2) is 4.79 Å². The van der Waals surface area contributed by atoms with Gasteiger partial charge in [0, 0.05) is 11.8 Å². The first kappa shape index (κ1) is 17.5. The third-order valence-electron chi connectivity index (χ3n) is 6.90. The molecule has 1 aromatic carbocycles. The second-order valence-corrected chi connectivity index (χ2v) is 9.08. The third kappa shape index (κ3) is 3.11. The van der Waals surface area contributed by atoms with Crippen molar-refractivity contribution in [2.45, 2.75) is 44.9 Å². The molecule has 0 spiro atoms. The fourth-order valence-electron chi connectivity index (χ4n) is 6.31. The minimum atomic E-state index is -0.716. The van der Waals surface area contributed by atoms with Gasteiger partial charge in [0.05, 0.1) is 0 Å². The Morgan fingerprint density at radius 3 is 2.32 bits per heavy atom. The Bertz CT molecular complexity index is 974. The molecule has 0 unspecified atom stereocenters. The van der Waals surface area contributed by atoms with Crippen LogP contribution < -0.4 is 16.5 Å². The Labute approximate surface area is 162 Å². The summed E-state index contributed by atoms with van der Waals surface area (Å²) in [5.74, 6) is 1.49. The molecule has 1 heterocycles. The van der Waals surface area contributed by atoms with Gasteiger partial charge < -0.3 is 4.42 Å². The number of fused-ring (bicyclic) bond motifs is 1. The van der Waals surface area contributed by atoms with E-state index in [1.54, 1.807) is 24.3 Å². The van der Waals surface area contributed by atoms with Crippen molar-refractivity contribution in [3.05, 3.63) is 46.3 Å².